The van der Waals surface area contributed by atoms with E-state index in [1.165, 1.54) is 0 Å². The van der Waals surface area contributed by atoms with E-state index in [1.807, 2.05) is 0 Å². The number of halogens is 4. The van der Waals surface area contributed by atoms with E-state index in [4.69, 9.17) is 9.90 Å². The normalized spacial score (nSPS) is 8.78. The standard InChI is InChI=1S/C2HF3O2.ClH.Sr/c3-2(4,5)1(6)7;;/h(H,6,7);1H;/q;;+2/p-2. The number of hydrogen-bond acceptors (Lipinski definition) is 2. The zero-order valence-corrected chi connectivity index (χ0v) is 8.27. The number of rotatable bonds is 0. The predicted octanol–water partition coefficient (Wildman–Crippen LogP) is -4.08. The molecule has 0 heterocycles. The van der Waals surface area contributed by atoms with Gasteiger partial charge in [0.1, 0.15) is 5.97 Å². The Morgan fingerprint density at radius 2 is 1.44 bits per heavy atom. The average Bonchev–Trinajstić information content (AvgIpc) is 1.31. The van der Waals surface area contributed by atoms with Crippen molar-refractivity contribution in [3.8, 4) is 0 Å². The summed E-state index contributed by atoms with van der Waals surface area (Å²) in [6, 6.07) is 0. The van der Waals surface area contributed by atoms with Gasteiger partial charge in [0.2, 0.25) is 0 Å². The zero-order valence-electron chi connectivity index (χ0n) is 4.04. The molecule has 7 heteroatoms. The second-order valence-electron chi connectivity index (χ2n) is 0.785. The molecule has 0 aliphatic heterocycles. The van der Waals surface area contributed by atoms with Crippen molar-refractivity contribution in [3.05, 3.63) is 0 Å². The van der Waals surface area contributed by atoms with Crippen LogP contribution in [0.25, 0.3) is 0 Å². The summed E-state index contributed by atoms with van der Waals surface area (Å²) in [4.78, 5) is 8.78. The molecule has 0 amide bonds. The molecule has 0 unspecified atom stereocenters. The molecule has 0 aliphatic rings. The molecule has 0 saturated carbocycles. The third-order valence-corrected chi connectivity index (χ3v) is 0.231. The summed E-state index contributed by atoms with van der Waals surface area (Å²) in [5.41, 5.74) is 0. The number of carbonyl (C=O) groups excluding carboxylic acids is 1. The first-order valence-corrected chi connectivity index (χ1v) is 1.23. The molecule has 50 valence electrons. The van der Waals surface area contributed by atoms with Crippen LogP contribution in [0.1, 0.15) is 0 Å². The smallest absolute Gasteiger partial charge is 1.00 e. The van der Waals surface area contributed by atoms with Crippen LogP contribution in [-0.4, -0.2) is 57.6 Å². The van der Waals surface area contributed by atoms with Crippen LogP contribution in [0.2, 0.25) is 0 Å². The number of carbonyl (C=O) groups is 1. The molecule has 0 spiro atoms. The first kappa shape index (κ1) is 16.5. The van der Waals surface area contributed by atoms with Gasteiger partial charge in [0, 0.05) is 0 Å². The number of carboxylic acids is 1. The molecule has 0 fully saturated rings. The van der Waals surface area contributed by atoms with Crippen molar-refractivity contribution in [2.45, 2.75) is 6.18 Å². The third kappa shape index (κ3) is 9.03. The summed E-state index contributed by atoms with van der Waals surface area (Å²) >= 11 is 0. The fourth-order valence-corrected chi connectivity index (χ4v) is 0. The molecular weight excluding hydrogens is 236 g/mol. The molecule has 0 radical (unpaired) electrons. The molecule has 2 nitrogen and oxygen atoms in total. The summed E-state index contributed by atoms with van der Waals surface area (Å²) in [7, 11) is 0. The van der Waals surface area contributed by atoms with Crippen LogP contribution in [0.3, 0.4) is 0 Å². The molecule has 0 N–H and O–H groups in total. The summed E-state index contributed by atoms with van der Waals surface area (Å²) in [6.07, 6.45) is -5.19. The van der Waals surface area contributed by atoms with Crippen molar-refractivity contribution in [2.75, 3.05) is 0 Å². The van der Waals surface area contributed by atoms with Gasteiger partial charge in [-0.15, -0.1) is 0 Å². The molecule has 0 bridgehead atoms. The van der Waals surface area contributed by atoms with Gasteiger partial charge in [-0.05, 0) is 0 Å². The van der Waals surface area contributed by atoms with Gasteiger partial charge < -0.3 is 22.3 Å². The molecule has 0 atom stereocenters. The van der Waals surface area contributed by atoms with Gasteiger partial charge in [0.25, 0.3) is 0 Å². The Kier molecular flexibility index (Phi) is 10.6. The van der Waals surface area contributed by atoms with E-state index in [0.717, 1.165) is 0 Å². The number of hydrogen-bond donors (Lipinski definition) is 0. The van der Waals surface area contributed by atoms with E-state index >= 15 is 0 Å². The van der Waals surface area contributed by atoms with Crippen molar-refractivity contribution in [1.29, 1.82) is 0 Å². The monoisotopic (exact) mass is 236 g/mol. The van der Waals surface area contributed by atoms with Crippen molar-refractivity contribution < 1.29 is 35.5 Å². The number of aliphatic carboxylic acids is 1. The SMILES string of the molecule is O=C([O-])C(F)(F)F.[Cl-].[Sr+2]. The molecule has 0 aromatic carbocycles. The van der Waals surface area contributed by atoms with Crippen LogP contribution in [0, 0.1) is 0 Å². The van der Waals surface area contributed by atoms with Crippen molar-refractivity contribution in [2.24, 2.45) is 0 Å². The summed E-state index contributed by atoms with van der Waals surface area (Å²) < 4.78 is 31.5. The van der Waals surface area contributed by atoms with Gasteiger partial charge in [0.15, 0.2) is 0 Å². The van der Waals surface area contributed by atoms with Gasteiger partial charge in [-0.2, -0.15) is 13.2 Å². The second-order valence-corrected chi connectivity index (χ2v) is 0.785. The van der Waals surface area contributed by atoms with E-state index in [0.29, 0.717) is 0 Å². The maximum atomic E-state index is 10.5. The Bertz CT molecular complexity index is 92.3. The fourth-order valence-electron chi connectivity index (χ4n) is 0. The van der Waals surface area contributed by atoms with E-state index in [-0.39, 0.29) is 57.9 Å². The Balaban J connectivity index is -0.000000180. The minimum absolute atomic E-state index is 0. The predicted molar refractivity (Wildman–Crippen MR) is 16.8 cm³/mol. The van der Waals surface area contributed by atoms with E-state index in [1.54, 1.807) is 0 Å². The number of alkyl halides is 3. The van der Waals surface area contributed by atoms with Crippen molar-refractivity contribution in [1.82, 2.24) is 0 Å². The van der Waals surface area contributed by atoms with Gasteiger partial charge in [0.05, 0.1) is 0 Å². The van der Waals surface area contributed by atoms with Crippen LogP contribution < -0.4 is 17.5 Å². The minimum atomic E-state index is -5.19. The maximum absolute atomic E-state index is 10.5. The molecule has 0 aromatic heterocycles. The van der Waals surface area contributed by atoms with E-state index in [2.05, 4.69) is 0 Å². The van der Waals surface area contributed by atoms with Gasteiger partial charge in [-0.3, -0.25) is 0 Å². The van der Waals surface area contributed by atoms with Crippen molar-refractivity contribution in [3.63, 3.8) is 0 Å². The largest absolute Gasteiger partial charge is 2.00 e. The van der Waals surface area contributed by atoms with E-state index in [9.17, 15) is 13.2 Å². The first-order chi connectivity index (χ1) is 2.94. The van der Waals surface area contributed by atoms with Crippen LogP contribution in [0.4, 0.5) is 13.2 Å². The van der Waals surface area contributed by atoms with Crippen LogP contribution >= 0.6 is 0 Å². The molecule has 0 rings (SSSR count). The van der Waals surface area contributed by atoms with Crippen LogP contribution in [0.15, 0.2) is 0 Å². The zero-order chi connectivity index (χ0) is 6.08. The molecule has 0 aromatic rings. The Morgan fingerprint density at radius 1 is 1.33 bits per heavy atom. The quantitative estimate of drug-likeness (QED) is 0.401. The third-order valence-electron chi connectivity index (χ3n) is 0.231. The summed E-state index contributed by atoms with van der Waals surface area (Å²) in [6.45, 7) is 0. The van der Waals surface area contributed by atoms with Gasteiger partial charge in [-0.1, -0.05) is 0 Å². The Morgan fingerprint density at radius 3 is 1.44 bits per heavy atom. The summed E-state index contributed by atoms with van der Waals surface area (Å²) in [5, 5.41) is 8.78. The topological polar surface area (TPSA) is 40.1 Å². The van der Waals surface area contributed by atoms with Crippen LogP contribution in [-0.2, 0) is 4.79 Å². The average molecular weight is 236 g/mol. The van der Waals surface area contributed by atoms with Crippen molar-refractivity contribution >= 4 is 51.5 Å². The summed E-state index contributed by atoms with van der Waals surface area (Å²) in [5.74, 6) is -3.01. The Hall–Kier alpha value is 1.03. The fraction of sp³-hybridized carbons (Fsp3) is 0.500. The van der Waals surface area contributed by atoms with E-state index < -0.39 is 12.1 Å². The number of carboxylic acid groups (broad SMARTS) is 1. The molecule has 9 heavy (non-hydrogen) atoms. The minimum Gasteiger partial charge on any atom is -1.00 e. The van der Waals surface area contributed by atoms with Gasteiger partial charge in [-0.25, -0.2) is 0 Å². The maximum Gasteiger partial charge on any atom is 2.00 e. The Labute approximate surface area is 92.1 Å². The molecule has 0 saturated heterocycles. The van der Waals surface area contributed by atoms with Crippen LogP contribution in [0.5, 0.6) is 0 Å². The molecule has 0 aliphatic carbocycles. The molecular formula is C2ClF3O2Sr. The first-order valence-electron chi connectivity index (χ1n) is 1.23. The van der Waals surface area contributed by atoms with Gasteiger partial charge >= 0.3 is 51.7 Å². The second kappa shape index (κ2) is 5.79.